The number of nitrogens with two attached hydrogens (primary N) is 1. The molecule has 5 nitrogen and oxygen atoms in total. The summed E-state index contributed by atoms with van der Waals surface area (Å²) in [5.74, 6) is -0.348. The smallest absolute Gasteiger partial charge is 0.239 e. The molecule has 1 aliphatic carbocycles. The Bertz CT molecular complexity index is 304. The van der Waals surface area contributed by atoms with Crippen LogP contribution in [0.3, 0.4) is 0 Å². The molecule has 0 heterocycles. The fourth-order valence-corrected chi connectivity index (χ4v) is 1.35. The van der Waals surface area contributed by atoms with E-state index in [1.54, 1.807) is 0 Å². The number of halogens is 1. The number of carbonyl (C=O) groups is 2. The predicted molar refractivity (Wildman–Crippen MR) is 73.4 cm³/mol. The van der Waals surface area contributed by atoms with Crippen LogP contribution in [-0.2, 0) is 9.59 Å². The predicted octanol–water partition coefficient (Wildman–Crippen LogP) is 0.424. The first kappa shape index (κ1) is 17.2. The minimum Gasteiger partial charge on any atom is -0.354 e. The molecule has 0 aliphatic heterocycles. The molecule has 0 bridgehead atoms. The van der Waals surface area contributed by atoms with Gasteiger partial charge in [0.05, 0.1) is 12.6 Å². The zero-order valence-electron chi connectivity index (χ0n) is 11.3. The van der Waals surface area contributed by atoms with Gasteiger partial charge in [0.15, 0.2) is 0 Å². The SMILES string of the molecule is CC(C)[C@H](N)C(=O)NCC(=O)NCC1(C)CC1.Cl. The van der Waals surface area contributed by atoms with Crippen molar-refractivity contribution < 1.29 is 9.59 Å². The summed E-state index contributed by atoms with van der Waals surface area (Å²) in [4.78, 5) is 22.9. The first-order chi connectivity index (χ1) is 7.84. The summed E-state index contributed by atoms with van der Waals surface area (Å²) in [7, 11) is 0. The lowest BCUT2D eigenvalue weighted by molar-refractivity contribution is -0.127. The molecule has 1 saturated carbocycles. The maximum atomic E-state index is 11.5. The lowest BCUT2D eigenvalue weighted by atomic mass is 10.1. The first-order valence-corrected chi connectivity index (χ1v) is 6.14. The van der Waals surface area contributed by atoms with Crippen LogP contribution in [0.4, 0.5) is 0 Å². The van der Waals surface area contributed by atoms with Crippen LogP contribution in [0.5, 0.6) is 0 Å². The summed E-state index contributed by atoms with van der Waals surface area (Å²) in [6, 6.07) is -0.552. The third kappa shape index (κ3) is 5.69. The molecule has 0 radical (unpaired) electrons. The van der Waals surface area contributed by atoms with Crippen molar-refractivity contribution in [2.45, 2.75) is 39.7 Å². The highest BCUT2D eigenvalue weighted by molar-refractivity contribution is 5.87. The Morgan fingerprint density at radius 2 is 1.83 bits per heavy atom. The second kappa shape index (κ2) is 6.95. The van der Waals surface area contributed by atoms with Gasteiger partial charge in [0.2, 0.25) is 11.8 Å². The number of rotatable bonds is 6. The van der Waals surface area contributed by atoms with E-state index in [0.29, 0.717) is 6.54 Å². The lowest BCUT2D eigenvalue weighted by Gasteiger charge is -2.15. The summed E-state index contributed by atoms with van der Waals surface area (Å²) >= 11 is 0. The Hall–Kier alpha value is -0.810. The molecule has 0 aromatic heterocycles. The van der Waals surface area contributed by atoms with Crippen molar-refractivity contribution in [2.75, 3.05) is 13.1 Å². The summed E-state index contributed by atoms with van der Waals surface area (Å²) in [6.45, 7) is 6.59. The monoisotopic (exact) mass is 277 g/mol. The zero-order chi connectivity index (χ0) is 13.1. The fourth-order valence-electron chi connectivity index (χ4n) is 1.35. The minimum absolute atomic E-state index is 0. The van der Waals surface area contributed by atoms with Crippen molar-refractivity contribution in [3.63, 3.8) is 0 Å². The minimum atomic E-state index is -0.552. The largest absolute Gasteiger partial charge is 0.354 e. The molecule has 106 valence electrons. The summed E-state index contributed by atoms with van der Waals surface area (Å²) in [5.41, 5.74) is 5.94. The number of hydrogen-bond acceptors (Lipinski definition) is 3. The molecule has 1 rings (SSSR count). The third-order valence-electron chi connectivity index (χ3n) is 3.26. The molecule has 0 saturated heterocycles. The molecule has 2 amide bonds. The van der Waals surface area contributed by atoms with E-state index < -0.39 is 6.04 Å². The Morgan fingerprint density at radius 3 is 2.28 bits per heavy atom. The van der Waals surface area contributed by atoms with Gasteiger partial charge in [-0.25, -0.2) is 0 Å². The zero-order valence-corrected chi connectivity index (χ0v) is 12.1. The van der Waals surface area contributed by atoms with Crippen LogP contribution in [0.25, 0.3) is 0 Å². The maximum Gasteiger partial charge on any atom is 0.239 e. The van der Waals surface area contributed by atoms with Crippen LogP contribution in [0.15, 0.2) is 0 Å². The summed E-state index contributed by atoms with van der Waals surface area (Å²) < 4.78 is 0. The quantitative estimate of drug-likeness (QED) is 0.658. The van der Waals surface area contributed by atoms with Crippen molar-refractivity contribution in [3.05, 3.63) is 0 Å². The van der Waals surface area contributed by atoms with E-state index in [1.807, 2.05) is 13.8 Å². The van der Waals surface area contributed by atoms with Gasteiger partial charge in [-0.3, -0.25) is 9.59 Å². The van der Waals surface area contributed by atoms with Crippen LogP contribution >= 0.6 is 12.4 Å². The maximum absolute atomic E-state index is 11.5. The Labute approximate surface area is 115 Å². The van der Waals surface area contributed by atoms with Crippen LogP contribution < -0.4 is 16.4 Å². The van der Waals surface area contributed by atoms with Gasteiger partial charge in [0.25, 0.3) is 0 Å². The number of nitrogens with one attached hydrogen (secondary N) is 2. The van der Waals surface area contributed by atoms with Crippen LogP contribution in [-0.4, -0.2) is 30.9 Å². The van der Waals surface area contributed by atoms with Crippen LogP contribution in [0.1, 0.15) is 33.6 Å². The van der Waals surface area contributed by atoms with Gasteiger partial charge < -0.3 is 16.4 Å². The van der Waals surface area contributed by atoms with Gasteiger partial charge >= 0.3 is 0 Å². The van der Waals surface area contributed by atoms with Crippen molar-refractivity contribution in [1.82, 2.24) is 10.6 Å². The van der Waals surface area contributed by atoms with Crippen molar-refractivity contribution in [3.8, 4) is 0 Å². The van der Waals surface area contributed by atoms with E-state index in [-0.39, 0.29) is 42.1 Å². The molecule has 0 unspecified atom stereocenters. The van der Waals surface area contributed by atoms with Crippen LogP contribution in [0.2, 0.25) is 0 Å². The molecule has 4 N–H and O–H groups in total. The molecule has 1 aliphatic rings. The molecule has 1 fully saturated rings. The Balaban J connectivity index is 0.00000289. The molecule has 6 heteroatoms. The molecule has 18 heavy (non-hydrogen) atoms. The van der Waals surface area contributed by atoms with Gasteiger partial charge in [0, 0.05) is 6.54 Å². The van der Waals surface area contributed by atoms with Crippen LogP contribution in [0, 0.1) is 11.3 Å². The second-order valence-electron chi connectivity index (χ2n) is 5.57. The molecule has 1 atom stereocenters. The number of hydrogen-bond donors (Lipinski definition) is 3. The molecule has 0 aromatic rings. The summed E-state index contributed by atoms with van der Waals surface area (Å²) in [6.07, 6.45) is 2.33. The highest BCUT2D eigenvalue weighted by Gasteiger charge is 2.37. The Kier molecular flexibility index (Phi) is 6.63. The first-order valence-electron chi connectivity index (χ1n) is 6.14. The highest BCUT2D eigenvalue weighted by atomic mass is 35.5. The normalized spacial score (nSPS) is 17.6. The van der Waals surface area contributed by atoms with Gasteiger partial charge in [-0.2, -0.15) is 0 Å². The van der Waals surface area contributed by atoms with E-state index in [2.05, 4.69) is 17.6 Å². The second-order valence-corrected chi connectivity index (χ2v) is 5.57. The lowest BCUT2D eigenvalue weighted by Crippen LogP contribution is -2.47. The van der Waals surface area contributed by atoms with Gasteiger partial charge in [-0.05, 0) is 24.2 Å². The van der Waals surface area contributed by atoms with Crippen molar-refractivity contribution >= 4 is 24.2 Å². The van der Waals surface area contributed by atoms with E-state index >= 15 is 0 Å². The average Bonchev–Trinajstić information content (AvgIpc) is 3.00. The molecule has 0 aromatic carbocycles. The van der Waals surface area contributed by atoms with E-state index in [1.165, 1.54) is 0 Å². The molecule has 0 spiro atoms. The standard InChI is InChI=1S/C12H23N3O2.ClH/c1-8(2)10(13)11(17)14-6-9(16)15-7-12(3)4-5-12;/h8,10H,4-7,13H2,1-3H3,(H,14,17)(H,15,16);1H/t10-;/m0./s1. The molecular formula is C12H24ClN3O2. The van der Waals surface area contributed by atoms with E-state index in [4.69, 9.17) is 5.73 Å². The Morgan fingerprint density at radius 1 is 1.28 bits per heavy atom. The highest BCUT2D eigenvalue weighted by Crippen LogP contribution is 2.43. The van der Waals surface area contributed by atoms with Crippen molar-refractivity contribution in [1.29, 1.82) is 0 Å². The van der Waals surface area contributed by atoms with Gasteiger partial charge in [0.1, 0.15) is 0 Å². The van der Waals surface area contributed by atoms with Gasteiger partial charge in [-0.1, -0.05) is 20.8 Å². The van der Waals surface area contributed by atoms with E-state index in [9.17, 15) is 9.59 Å². The number of amides is 2. The topological polar surface area (TPSA) is 84.2 Å². The molecular weight excluding hydrogens is 254 g/mol. The van der Waals surface area contributed by atoms with Gasteiger partial charge in [-0.15, -0.1) is 12.4 Å². The van der Waals surface area contributed by atoms with Crippen molar-refractivity contribution in [2.24, 2.45) is 17.1 Å². The fraction of sp³-hybridized carbons (Fsp3) is 0.833. The average molecular weight is 278 g/mol. The van der Waals surface area contributed by atoms with E-state index in [0.717, 1.165) is 12.8 Å². The number of carbonyl (C=O) groups excluding carboxylic acids is 2. The third-order valence-corrected chi connectivity index (χ3v) is 3.26. The summed E-state index contributed by atoms with van der Waals surface area (Å²) in [5, 5.41) is 5.36.